The van der Waals surface area contributed by atoms with Crippen molar-refractivity contribution in [1.29, 1.82) is 0 Å². The molecular weight excluding hydrogens is 265 g/mol. The van der Waals surface area contributed by atoms with E-state index in [9.17, 15) is 0 Å². The van der Waals surface area contributed by atoms with Crippen molar-refractivity contribution in [3.8, 4) is 0 Å². The third-order valence-electron chi connectivity index (χ3n) is 3.50. The molecule has 0 saturated carbocycles. The molecule has 0 bridgehead atoms. The summed E-state index contributed by atoms with van der Waals surface area (Å²) >= 11 is 0. The molecule has 3 nitrogen and oxygen atoms in total. The zero-order valence-electron chi connectivity index (χ0n) is 9.44. The van der Waals surface area contributed by atoms with Crippen molar-refractivity contribution in [2.24, 2.45) is 0 Å². The van der Waals surface area contributed by atoms with Crippen LogP contribution in [0.25, 0.3) is 0 Å². The molecule has 1 unspecified atom stereocenters. The minimum atomic E-state index is 0. The fourth-order valence-corrected chi connectivity index (χ4v) is 2.66. The smallest absolute Gasteiger partial charge is 0.566 e. The van der Waals surface area contributed by atoms with Crippen molar-refractivity contribution in [2.45, 2.75) is 31.7 Å². The molecule has 0 aromatic rings. The molecule has 0 radical (unpaired) electrons. The molecule has 1 N–H and O–H groups in total. The summed E-state index contributed by atoms with van der Waals surface area (Å²) in [6, 6.07) is 0.802. The third-order valence-corrected chi connectivity index (χ3v) is 3.50. The Morgan fingerprint density at radius 2 is 2.07 bits per heavy atom. The van der Waals surface area contributed by atoms with Crippen LogP contribution >= 0.6 is 0 Å². The van der Waals surface area contributed by atoms with Crippen molar-refractivity contribution < 1.29 is 37.8 Å². The van der Waals surface area contributed by atoms with Gasteiger partial charge >= 0.3 is 32.7 Å². The van der Waals surface area contributed by atoms with Gasteiger partial charge in [-0.2, -0.15) is 0 Å². The normalized spacial score (nSPS) is 28.2. The average Bonchev–Trinajstić information content (AvgIpc) is 2.26. The molecule has 0 aromatic carbocycles. The number of aliphatic hydroxyl groups excluding tert-OH is 1. The van der Waals surface area contributed by atoms with E-state index in [1.807, 2.05) is 0 Å². The fraction of sp³-hybridized carbons (Fsp3) is 0.909. The van der Waals surface area contributed by atoms with Crippen LogP contribution in [0.15, 0.2) is 0 Å². The maximum atomic E-state index is 8.67. The van der Waals surface area contributed by atoms with Gasteiger partial charge in [-0.25, -0.2) is 6.61 Å². The standard InChI is InChI=1S/C11H21N2O.Y/c14-9-3-5-12-7-8-13-6-2-1-4-11(13)10-12;/h9,11,14H,1-8,10H2;/q-1;+3. The Labute approximate surface area is 118 Å². The topological polar surface area (TPSA) is 26.7 Å². The fourth-order valence-electron chi connectivity index (χ4n) is 2.66. The van der Waals surface area contributed by atoms with E-state index in [1.165, 1.54) is 52.0 Å². The van der Waals surface area contributed by atoms with Crippen molar-refractivity contribution in [3.63, 3.8) is 0 Å². The van der Waals surface area contributed by atoms with Gasteiger partial charge in [-0.1, -0.05) is 6.42 Å². The summed E-state index contributed by atoms with van der Waals surface area (Å²) in [5.74, 6) is 0. The van der Waals surface area contributed by atoms with E-state index < -0.39 is 0 Å². The molecule has 2 fully saturated rings. The summed E-state index contributed by atoms with van der Waals surface area (Å²) < 4.78 is 0. The van der Waals surface area contributed by atoms with Gasteiger partial charge < -0.3 is 10.0 Å². The monoisotopic (exact) mass is 286 g/mol. The maximum Gasteiger partial charge on any atom is 3.00 e. The van der Waals surface area contributed by atoms with Crippen LogP contribution in [0.1, 0.15) is 25.7 Å². The van der Waals surface area contributed by atoms with Gasteiger partial charge in [-0.05, 0) is 25.9 Å². The molecule has 2 rings (SSSR count). The quantitative estimate of drug-likeness (QED) is 0.787. The molecule has 0 aliphatic carbocycles. The molecule has 0 spiro atoms. The summed E-state index contributed by atoms with van der Waals surface area (Å²) in [4.78, 5) is 5.13. The Hall–Kier alpha value is 0.984. The van der Waals surface area contributed by atoms with E-state index in [0.717, 1.165) is 19.0 Å². The first-order valence-corrected chi connectivity index (χ1v) is 5.82. The summed E-state index contributed by atoms with van der Waals surface area (Å²) in [7, 11) is 0. The summed E-state index contributed by atoms with van der Waals surface area (Å²) in [6.45, 7) is 7.26. The Kier molecular flexibility index (Phi) is 6.87. The predicted molar refractivity (Wildman–Crippen MR) is 56.5 cm³/mol. The molecule has 2 aliphatic rings. The summed E-state index contributed by atoms with van der Waals surface area (Å²) in [5.41, 5.74) is 0. The van der Waals surface area contributed by atoms with Crippen molar-refractivity contribution in [3.05, 3.63) is 6.61 Å². The Bertz CT molecular complexity index is 180. The van der Waals surface area contributed by atoms with Crippen LogP contribution in [0.3, 0.4) is 0 Å². The number of rotatable bonds is 3. The number of hydrogen-bond acceptors (Lipinski definition) is 3. The number of aliphatic hydroxyl groups is 1. The number of piperazine rings is 1. The second-order valence-corrected chi connectivity index (χ2v) is 4.46. The van der Waals surface area contributed by atoms with Crippen molar-refractivity contribution in [1.82, 2.24) is 9.80 Å². The summed E-state index contributed by atoms with van der Waals surface area (Å²) in [5, 5.41) is 8.67. The number of piperidine rings is 1. The van der Waals surface area contributed by atoms with Crippen LogP contribution in [0.5, 0.6) is 0 Å². The molecule has 2 aliphatic heterocycles. The van der Waals surface area contributed by atoms with Gasteiger partial charge in [0.2, 0.25) is 0 Å². The van der Waals surface area contributed by atoms with E-state index in [2.05, 4.69) is 9.80 Å². The van der Waals surface area contributed by atoms with Gasteiger partial charge in [-0.15, -0.1) is 6.42 Å². The van der Waals surface area contributed by atoms with E-state index in [4.69, 9.17) is 5.11 Å². The van der Waals surface area contributed by atoms with E-state index >= 15 is 0 Å². The van der Waals surface area contributed by atoms with Gasteiger partial charge in [0, 0.05) is 25.7 Å². The van der Waals surface area contributed by atoms with Crippen LogP contribution in [0, 0.1) is 6.61 Å². The van der Waals surface area contributed by atoms with Gasteiger partial charge in [0.05, 0.1) is 0 Å². The Balaban J connectivity index is 0.00000112. The first kappa shape index (κ1) is 14.0. The molecule has 15 heavy (non-hydrogen) atoms. The van der Waals surface area contributed by atoms with E-state index in [0.29, 0.717) is 0 Å². The van der Waals surface area contributed by atoms with Crippen LogP contribution < -0.4 is 0 Å². The van der Waals surface area contributed by atoms with Crippen LogP contribution in [0.4, 0.5) is 0 Å². The van der Waals surface area contributed by atoms with Crippen LogP contribution in [-0.4, -0.2) is 53.7 Å². The van der Waals surface area contributed by atoms with Crippen LogP contribution in [0.2, 0.25) is 0 Å². The molecule has 1 atom stereocenters. The second-order valence-electron chi connectivity index (χ2n) is 4.46. The van der Waals surface area contributed by atoms with Gasteiger partial charge in [0.15, 0.2) is 0 Å². The first-order chi connectivity index (χ1) is 6.90. The first-order valence-electron chi connectivity index (χ1n) is 5.82. The molecule has 0 amide bonds. The molecule has 2 heterocycles. The number of fused-ring (bicyclic) bond motifs is 1. The predicted octanol–water partition coefficient (Wildman–Crippen LogP) is 1.08. The summed E-state index contributed by atoms with van der Waals surface area (Å²) in [6.07, 6.45) is 4.98. The minimum Gasteiger partial charge on any atom is -0.566 e. The molecule has 0 aromatic heterocycles. The second kappa shape index (κ2) is 7.34. The minimum absolute atomic E-state index is 0. The van der Waals surface area contributed by atoms with Crippen molar-refractivity contribution >= 4 is 0 Å². The molecule has 2 saturated heterocycles. The van der Waals surface area contributed by atoms with Gasteiger partial charge in [0.25, 0.3) is 0 Å². The van der Waals surface area contributed by atoms with Crippen LogP contribution in [-0.2, 0) is 32.7 Å². The molecule has 82 valence electrons. The zero-order valence-corrected chi connectivity index (χ0v) is 12.3. The van der Waals surface area contributed by atoms with Gasteiger partial charge in [0.1, 0.15) is 0 Å². The molecular formula is C11H21N2OY+2. The molecule has 4 heteroatoms. The SMILES string of the molecule is O[CH-]CCN1CCN2CCCCC2C1.[Y+3]. The maximum absolute atomic E-state index is 8.67. The van der Waals surface area contributed by atoms with E-state index in [1.54, 1.807) is 0 Å². The number of nitrogens with zero attached hydrogens (tertiary/aromatic N) is 2. The average molecular weight is 286 g/mol. The number of hydrogen-bond donors (Lipinski definition) is 1. The van der Waals surface area contributed by atoms with Gasteiger partial charge in [-0.3, -0.25) is 4.90 Å². The van der Waals surface area contributed by atoms with E-state index in [-0.39, 0.29) is 32.7 Å². The Morgan fingerprint density at radius 1 is 1.20 bits per heavy atom. The zero-order chi connectivity index (χ0) is 9.80. The third kappa shape index (κ3) is 4.05. The largest absolute Gasteiger partial charge is 3.00 e. The Morgan fingerprint density at radius 3 is 2.87 bits per heavy atom. The van der Waals surface area contributed by atoms with Crippen molar-refractivity contribution in [2.75, 3.05) is 32.7 Å².